The van der Waals surface area contributed by atoms with Crippen molar-refractivity contribution >= 4 is 33.7 Å². The summed E-state index contributed by atoms with van der Waals surface area (Å²) >= 11 is 1.59. The summed E-state index contributed by atoms with van der Waals surface area (Å²) in [4.78, 5) is 24.2. The van der Waals surface area contributed by atoms with Crippen molar-refractivity contribution in [2.24, 2.45) is 4.99 Å². The zero-order valence-corrected chi connectivity index (χ0v) is 18.6. The minimum Gasteiger partial charge on any atom is -0.494 e. The number of pyridine rings is 1. The topological polar surface area (TPSA) is 85.8 Å². The van der Waals surface area contributed by atoms with E-state index < -0.39 is 0 Å². The molecule has 8 heteroatoms. The summed E-state index contributed by atoms with van der Waals surface area (Å²) in [5, 5.41) is 1.94. The van der Waals surface area contributed by atoms with Crippen molar-refractivity contribution < 1.29 is 19.0 Å². The highest BCUT2D eigenvalue weighted by molar-refractivity contribution is 8.15. The molecule has 0 amide bonds. The summed E-state index contributed by atoms with van der Waals surface area (Å²) in [6.45, 7) is 4.88. The molecular formula is C23H25N3O4S. The van der Waals surface area contributed by atoms with Crippen molar-refractivity contribution in [1.29, 1.82) is 0 Å². The quantitative estimate of drug-likeness (QED) is 0.510. The number of nitrogens with one attached hydrogen (secondary N) is 1. The summed E-state index contributed by atoms with van der Waals surface area (Å²) in [5.41, 5.74) is 2.80. The number of H-pyrrole nitrogens is 1. The monoisotopic (exact) mass is 439 g/mol. The van der Waals surface area contributed by atoms with Crippen LogP contribution in [0.2, 0.25) is 0 Å². The smallest absolute Gasteiger partial charge is 0.306 e. The lowest BCUT2D eigenvalue weighted by molar-refractivity contribution is -0.143. The van der Waals surface area contributed by atoms with E-state index in [9.17, 15) is 4.79 Å². The van der Waals surface area contributed by atoms with E-state index in [1.165, 1.54) is 0 Å². The maximum Gasteiger partial charge on any atom is 0.306 e. The van der Waals surface area contributed by atoms with Crippen molar-refractivity contribution in [3.63, 3.8) is 0 Å². The van der Waals surface area contributed by atoms with E-state index in [1.807, 2.05) is 37.3 Å². The molecule has 7 nitrogen and oxygen atoms in total. The van der Waals surface area contributed by atoms with E-state index in [0.717, 1.165) is 33.8 Å². The molecule has 1 aliphatic rings. The molecule has 0 aliphatic carbocycles. The molecule has 0 radical (unpaired) electrons. The Bertz CT molecular complexity index is 1110. The summed E-state index contributed by atoms with van der Waals surface area (Å²) in [6.07, 6.45) is 2.97. The van der Waals surface area contributed by atoms with Gasteiger partial charge in [-0.3, -0.25) is 14.8 Å². The molecule has 1 aromatic carbocycles. The number of nitrogens with zero attached hydrogens (tertiary/aromatic N) is 2. The number of hydrogen-bond acceptors (Lipinski definition) is 7. The minimum absolute atomic E-state index is 0.0971. The van der Waals surface area contributed by atoms with Gasteiger partial charge in [-0.2, -0.15) is 0 Å². The predicted molar refractivity (Wildman–Crippen MR) is 123 cm³/mol. The number of methoxy groups -OCH3 is 1. The Morgan fingerprint density at radius 2 is 2.10 bits per heavy atom. The fourth-order valence-electron chi connectivity index (χ4n) is 3.41. The van der Waals surface area contributed by atoms with Crippen LogP contribution in [-0.2, 0) is 16.0 Å². The van der Waals surface area contributed by atoms with Crippen molar-refractivity contribution in [2.45, 2.75) is 31.9 Å². The fourth-order valence-corrected chi connectivity index (χ4v) is 4.48. The summed E-state index contributed by atoms with van der Waals surface area (Å²) < 4.78 is 16.6. The average molecular weight is 440 g/mol. The molecular weight excluding hydrogens is 414 g/mol. The maximum atomic E-state index is 11.8. The highest BCUT2D eigenvalue weighted by Crippen LogP contribution is 2.36. The van der Waals surface area contributed by atoms with Gasteiger partial charge in [-0.15, -0.1) is 0 Å². The van der Waals surface area contributed by atoms with E-state index in [0.29, 0.717) is 36.8 Å². The van der Waals surface area contributed by atoms with Gasteiger partial charge < -0.3 is 19.2 Å². The molecule has 0 saturated heterocycles. The minimum atomic E-state index is -0.182. The van der Waals surface area contributed by atoms with Crippen LogP contribution in [0.1, 0.15) is 31.7 Å². The van der Waals surface area contributed by atoms with Gasteiger partial charge in [-0.25, -0.2) is 0 Å². The van der Waals surface area contributed by atoms with Gasteiger partial charge in [0.1, 0.15) is 22.3 Å². The van der Waals surface area contributed by atoms with Crippen LogP contribution >= 0.6 is 11.8 Å². The lowest BCUT2D eigenvalue weighted by Gasteiger charge is -2.09. The Morgan fingerprint density at radius 3 is 2.81 bits per heavy atom. The fraction of sp³-hybridized carbons (Fsp3) is 0.348. The summed E-state index contributed by atoms with van der Waals surface area (Å²) in [7, 11) is 1.63. The number of aromatic amines is 1. The summed E-state index contributed by atoms with van der Waals surface area (Å²) in [5.74, 6) is 1.84. The molecule has 31 heavy (non-hydrogen) atoms. The zero-order chi connectivity index (χ0) is 21.8. The number of esters is 1. The van der Waals surface area contributed by atoms with Crippen LogP contribution in [0, 0.1) is 0 Å². The Morgan fingerprint density at radius 1 is 1.23 bits per heavy atom. The number of hydrogen-bond donors (Lipinski definition) is 1. The van der Waals surface area contributed by atoms with Gasteiger partial charge in [-0.1, -0.05) is 18.7 Å². The third kappa shape index (κ3) is 4.85. The van der Waals surface area contributed by atoms with Crippen LogP contribution in [0.25, 0.3) is 10.9 Å². The SMILES string of the molecule is CCOC(=O)CC1CN=C(c2cc3cc(Oc4ccc(CC)nc4)cc(OC)c3[nH]2)S1. The molecule has 0 saturated carbocycles. The number of aliphatic imine (C=N–C) groups is 1. The van der Waals surface area contributed by atoms with Crippen molar-refractivity contribution in [3.05, 3.63) is 47.9 Å². The Hall–Kier alpha value is -3.00. The number of aromatic nitrogens is 2. The van der Waals surface area contributed by atoms with E-state index in [4.69, 9.17) is 14.2 Å². The van der Waals surface area contributed by atoms with E-state index in [1.54, 1.807) is 25.1 Å². The normalized spacial score (nSPS) is 15.7. The maximum absolute atomic E-state index is 11.8. The van der Waals surface area contributed by atoms with E-state index in [2.05, 4.69) is 21.9 Å². The van der Waals surface area contributed by atoms with Crippen LogP contribution in [0.5, 0.6) is 17.2 Å². The number of carbonyl (C=O) groups is 1. The van der Waals surface area contributed by atoms with Crippen molar-refractivity contribution in [2.75, 3.05) is 20.3 Å². The Balaban J connectivity index is 1.54. The van der Waals surface area contributed by atoms with Crippen LogP contribution in [0.15, 0.2) is 41.5 Å². The molecule has 3 aromatic rings. The third-order valence-electron chi connectivity index (χ3n) is 4.93. The van der Waals surface area contributed by atoms with Gasteiger partial charge in [0.25, 0.3) is 0 Å². The van der Waals surface area contributed by atoms with Crippen molar-refractivity contribution in [3.8, 4) is 17.2 Å². The van der Waals surface area contributed by atoms with Gasteiger partial charge >= 0.3 is 5.97 Å². The lowest BCUT2D eigenvalue weighted by Crippen LogP contribution is -2.14. The average Bonchev–Trinajstić information content (AvgIpc) is 3.40. The van der Waals surface area contributed by atoms with Gasteiger partial charge in [-0.05, 0) is 37.6 Å². The number of fused-ring (bicyclic) bond motifs is 1. The van der Waals surface area contributed by atoms with E-state index >= 15 is 0 Å². The molecule has 1 atom stereocenters. The van der Waals surface area contributed by atoms with E-state index in [-0.39, 0.29) is 11.2 Å². The second-order valence-electron chi connectivity index (χ2n) is 7.11. The van der Waals surface area contributed by atoms with Crippen LogP contribution in [0.4, 0.5) is 0 Å². The number of carbonyl (C=O) groups excluding carboxylic acids is 1. The van der Waals surface area contributed by atoms with Crippen LogP contribution in [0.3, 0.4) is 0 Å². The first kappa shape index (κ1) is 21.2. The second-order valence-corrected chi connectivity index (χ2v) is 8.40. The standard InChI is InChI=1S/C23H25N3O4S/c1-4-15-6-7-16(12-24-15)30-17-8-14-9-19(26-22(14)20(10-17)28-3)23-25-13-18(31-23)11-21(27)29-5-2/h6-10,12,18,26H,4-5,11,13H2,1-3H3. The van der Waals surface area contributed by atoms with Crippen LogP contribution < -0.4 is 9.47 Å². The number of benzene rings is 1. The number of ether oxygens (including phenoxy) is 3. The largest absolute Gasteiger partial charge is 0.494 e. The highest BCUT2D eigenvalue weighted by atomic mass is 32.2. The first-order valence-corrected chi connectivity index (χ1v) is 11.2. The Kier molecular flexibility index (Phi) is 6.46. The Labute approximate surface area is 185 Å². The molecule has 0 spiro atoms. The number of rotatable bonds is 8. The number of aryl methyl sites for hydroxylation is 1. The van der Waals surface area contributed by atoms with Gasteiger partial charge in [0.15, 0.2) is 0 Å². The first-order valence-electron chi connectivity index (χ1n) is 10.3. The lowest BCUT2D eigenvalue weighted by atomic mass is 10.2. The van der Waals surface area contributed by atoms with Gasteiger partial charge in [0.05, 0.1) is 44.1 Å². The van der Waals surface area contributed by atoms with Crippen LogP contribution in [-0.4, -0.2) is 46.5 Å². The molecule has 0 fully saturated rings. The second kappa shape index (κ2) is 9.43. The van der Waals surface area contributed by atoms with Gasteiger partial charge in [0, 0.05) is 22.4 Å². The predicted octanol–water partition coefficient (Wildman–Crippen LogP) is 4.74. The molecule has 4 rings (SSSR count). The number of thioether (sulfide) groups is 1. The molecule has 162 valence electrons. The molecule has 2 aromatic heterocycles. The van der Waals surface area contributed by atoms with Crippen molar-refractivity contribution in [1.82, 2.24) is 9.97 Å². The molecule has 1 N–H and O–H groups in total. The first-order chi connectivity index (χ1) is 15.1. The molecule has 1 unspecified atom stereocenters. The highest BCUT2D eigenvalue weighted by Gasteiger charge is 2.25. The van der Waals surface area contributed by atoms with Gasteiger partial charge in [0.2, 0.25) is 0 Å². The summed E-state index contributed by atoms with van der Waals surface area (Å²) in [6, 6.07) is 9.72. The molecule has 3 heterocycles. The third-order valence-corrected chi connectivity index (χ3v) is 6.15. The molecule has 1 aliphatic heterocycles. The molecule has 0 bridgehead atoms. The zero-order valence-electron chi connectivity index (χ0n) is 17.8.